The molecule has 0 bridgehead atoms. The summed E-state index contributed by atoms with van der Waals surface area (Å²) in [6.45, 7) is 0. The molecule has 0 saturated carbocycles. The lowest BCUT2D eigenvalue weighted by molar-refractivity contribution is 0.241. The summed E-state index contributed by atoms with van der Waals surface area (Å²) in [5.41, 5.74) is 0. The quantitative estimate of drug-likeness (QED) is 0.622. The maximum Gasteiger partial charge on any atom is 0.332 e. The van der Waals surface area contributed by atoms with Crippen molar-refractivity contribution in [2.75, 3.05) is 14.1 Å². The topological polar surface area (TPSA) is 54.5 Å². The Bertz CT molecular complexity index is 545. The van der Waals surface area contributed by atoms with Gasteiger partial charge in [-0.3, -0.25) is 4.79 Å². The second-order valence-electron chi connectivity index (χ2n) is 3.29. The highest BCUT2D eigenvalue weighted by molar-refractivity contribution is 8.13. The minimum atomic E-state index is -4.78. The highest BCUT2D eigenvalue weighted by Crippen LogP contribution is 2.31. The summed E-state index contributed by atoms with van der Waals surface area (Å²) in [4.78, 5) is 12.6. The van der Waals surface area contributed by atoms with E-state index in [-0.39, 0.29) is 10.3 Å². The van der Waals surface area contributed by atoms with Crippen LogP contribution in [0, 0.1) is 0 Å². The van der Waals surface area contributed by atoms with Crippen LogP contribution in [-0.2, 0) is 10.2 Å². The fourth-order valence-electron chi connectivity index (χ4n) is 0.901. The molecule has 17 heavy (non-hydrogen) atoms. The van der Waals surface area contributed by atoms with Gasteiger partial charge in [-0.15, -0.1) is 3.89 Å². The molecule has 0 aliphatic heterocycles. The number of halogens is 2. The molecule has 0 aliphatic rings. The Hall–Kier alpha value is -0.790. The van der Waals surface area contributed by atoms with Crippen molar-refractivity contribution in [1.29, 1.82) is 0 Å². The molecule has 1 rings (SSSR count). The summed E-state index contributed by atoms with van der Waals surface area (Å²) in [5, 5.41) is -0.244. The van der Waals surface area contributed by atoms with Gasteiger partial charge in [-0.1, -0.05) is 11.6 Å². The van der Waals surface area contributed by atoms with Crippen molar-refractivity contribution < 1.29 is 17.1 Å². The molecule has 0 atom stereocenters. The number of nitrogens with zero attached hydrogens (tertiary/aromatic N) is 1. The van der Waals surface area contributed by atoms with Crippen molar-refractivity contribution in [2.24, 2.45) is 0 Å². The Morgan fingerprint density at radius 3 is 2.41 bits per heavy atom. The van der Waals surface area contributed by atoms with Gasteiger partial charge in [0, 0.05) is 19.0 Å². The van der Waals surface area contributed by atoms with Crippen LogP contribution in [0.4, 0.5) is 8.68 Å². The minimum Gasteiger partial charge on any atom is -0.339 e. The number of benzene rings is 1. The summed E-state index contributed by atoms with van der Waals surface area (Å²) in [7, 11) is -1.63. The molecular weight excluding hydrogens is 289 g/mol. The first-order valence-corrected chi connectivity index (χ1v) is 6.93. The second kappa shape index (κ2) is 5.24. The van der Waals surface area contributed by atoms with Gasteiger partial charge in [-0.25, -0.2) is 0 Å². The Morgan fingerprint density at radius 2 is 2.00 bits per heavy atom. The molecule has 0 aliphatic carbocycles. The van der Waals surface area contributed by atoms with Crippen LogP contribution in [0.25, 0.3) is 0 Å². The van der Waals surface area contributed by atoms with E-state index in [0.29, 0.717) is 4.90 Å². The first-order chi connectivity index (χ1) is 7.71. The maximum atomic E-state index is 12.7. The van der Waals surface area contributed by atoms with Crippen LogP contribution < -0.4 is 0 Å². The van der Waals surface area contributed by atoms with Crippen LogP contribution in [0.15, 0.2) is 28.0 Å². The number of hydrogen-bond donors (Lipinski definition) is 0. The lowest BCUT2D eigenvalue weighted by atomic mass is 10.4. The van der Waals surface area contributed by atoms with Crippen LogP contribution in [0.3, 0.4) is 0 Å². The summed E-state index contributed by atoms with van der Waals surface area (Å²) >= 11 is 6.60. The molecule has 94 valence electrons. The van der Waals surface area contributed by atoms with E-state index in [1.807, 2.05) is 0 Å². The first-order valence-electron chi connectivity index (χ1n) is 4.35. The molecule has 0 unspecified atom stereocenters. The standard InChI is InChI=1S/C9H9ClFNO3S2/c1-12(2)9(13)16-8-4-3-6(5-7(8)10)17(11,14)15/h3-5H,1-2H3. The van der Waals surface area contributed by atoms with Gasteiger partial charge in [0.2, 0.25) is 0 Å². The second-order valence-corrected chi connectivity index (χ2v) is 6.04. The molecule has 0 aromatic heterocycles. The van der Waals surface area contributed by atoms with Crippen LogP contribution >= 0.6 is 23.4 Å². The normalized spacial score (nSPS) is 11.3. The van der Waals surface area contributed by atoms with Gasteiger partial charge in [0.25, 0.3) is 5.24 Å². The summed E-state index contributed by atoms with van der Waals surface area (Å²) in [5.74, 6) is 0. The zero-order valence-electron chi connectivity index (χ0n) is 8.98. The lowest BCUT2D eigenvalue weighted by Gasteiger charge is -2.10. The number of carbonyl (C=O) groups excluding carboxylic acids is 1. The molecule has 0 N–H and O–H groups in total. The van der Waals surface area contributed by atoms with E-state index in [1.165, 1.54) is 11.0 Å². The van der Waals surface area contributed by atoms with E-state index in [1.54, 1.807) is 14.1 Å². The van der Waals surface area contributed by atoms with E-state index in [4.69, 9.17) is 11.6 Å². The van der Waals surface area contributed by atoms with E-state index in [9.17, 15) is 17.1 Å². The zero-order chi connectivity index (χ0) is 13.2. The van der Waals surface area contributed by atoms with E-state index < -0.39 is 15.1 Å². The van der Waals surface area contributed by atoms with E-state index in [2.05, 4.69) is 0 Å². The van der Waals surface area contributed by atoms with Gasteiger partial charge in [0.1, 0.15) is 4.90 Å². The Labute approximate surface area is 108 Å². The van der Waals surface area contributed by atoms with Gasteiger partial charge in [0.05, 0.1) is 5.02 Å². The molecule has 0 heterocycles. The third-order valence-corrected chi connectivity index (χ3v) is 4.10. The number of carbonyl (C=O) groups is 1. The Balaban J connectivity index is 3.03. The lowest BCUT2D eigenvalue weighted by Crippen LogP contribution is -2.16. The average Bonchev–Trinajstić information content (AvgIpc) is 2.19. The van der Waals surface area contributed by atoms with Crippen molar-refractivity contribution in [3.8, 4) is 0 Å². The third-order valence-electron chi connectivity index (χ3n) is 1.75. The molecule has 1 amide bonds. The molecule has 0 spiro atoms. The minimum absolute atomic E-state index is 0.0175. The zero-order valence-corrected chi connectivity index (χ0v) is 11.4. The molecule has 8 heteroatoms. The van der Waals surface area contributed by atoms with Crippen molar-refractivity contribution in [2.45, 2.75) is 9.79 Å². The van der Waals surface area contributed by atoms with Crippen LogP contribution in [0.2, 0.25) is 5.02 Å². The van der Waals surface area contributed by atoms with Crippen LogP contribution in [-0.4, -0.2) is 32.7 Å². The predicted octanol–water partition coefficient (Wildman–Crippen LogP) is 2.77. The monoisotopic (exact) mass is 297 g/mol. The van der Waals surface area contributed by atoms with E-state index >= 15 is 0 Å². The van der Waals surface area contributed by atoms with Gasteiger partial charge in [-0.05, 0) is 30.0 Å². The molecule has 0 fully saturated rings. The Kier molecular flexibility index (Phi) is 4.40. The number of hydrogen-bond acceptors (Lipinski definition) is 4. The molecule has 1 aromatic carbocycles. The van der Waals surface area contributed by atoms with Gasteiger partial charge >= 0.3 is 10.2 Å². The molecule has 0 radical (unpaired) electrons. The third kappa shape index (κ3) is 3.86. The highest BCUT2D eigenvalue weighted by Gasteiger charge is 2.16. The fraction of sp³-hybridized carbons (Fsp3) is 0.222. The Morgan fingerprint density at radius 1 is 1.41 bits per heavy atom. The number of amides is 1. The van der Waals surface area contributed by atoms with E-state index in [0.717, 1.165) is 23.9 Å². The van der Waals surface area contributed by atoms with Gasteiger partial charge in [0.15, 0.2) is 0 Å². The molecule has 0 saturated heterocycles. The largest absolute Gasteiger partial charge is 0.339 e. The average molecular weight is 298 g/mol. The summed E-state index contributed by atoms with van der Waals surface area (Å²) < 4.78 is 33.9. The molecular formula is C9H9ClFNO3S2. The van der Waals surface area contributed by atoms with Gasteiger partial charge < -0.3 is 4.90 Å². The molecule has 1 aromatic rings. The SMILES string of the molecule is CN(C)C(=O)Sc1ccc(S(=O)(=O)F)cc1Cl. The van der Waals surface area contributed by atoms with Crippen LogP contribution in [0.1, 0.15) is 0 Å². The van der Waals surface area contributed by atoms with Crippen molar-refractivity contribution in [1.82, 2.24) is 4.90 Å². The van der Waals surface area contributed by atoms with Crippen molar-refractivity contribution >= 4 is 38.8 Å². The van der Waals surface area contributed by atoms with Crippen molar-refractivity contribution in [3.63, 3.8) is 0 Å². The molecule has 4 nitrogen and oxygen atoms in total. The summed E-state index contributed by atoms with van der Waals surface area (Å²) in [6, 6.07) is 3.33. The predicted molar refractivity (Wildman–Crippen MR) is 64.7 cm³/mol. The highest BCUT2D eigenvalue weighted by atomic mass is 35.5. The van der Waals surface area contributed by atoms with Crippen molar-refractivity contribution in [3.05, 3.63) is 23.2 Å². The number of rotatable bonds is 2. The number of thioether (sulfide) groups is 1. The first kappa shape index (κ1) is 14.3. The maximum absolute atomic E-state index is 12.7. The smallest absolute Gasteiger partial charge is 0.332 e. The summed E-state index contributed by atoms with van der Waals surface area (Å²) in [6.07, 6.45) is 0. The van der Waals surface area contributed by atoms with Crippen LogP contribution in [0.5, 0.6) is 0 Å². The van der Waals surface area contributed by atoms with Gasteiger partial charge in [-0.2, -0.15) is 8.42 Å². The fourth-order valence-corrected chi connectivity index (χ4v) is 2.41.